The maximum Gasteiger partial charge on any atom is 0.326 e. The number of nitrogens with two attached hydrogens (primary N) is 5. The fraction of sp³-hybridized carbons (Fsp3) is 0.627. The number of H-pyrrole nitrogens is 1. The third kappa shape index (κ3) is 23.9. The Bertz CT molecular complexity index is 2890. The number of carbonyl (C=O) groups excluding carboxylic acids is 11. The highest BCUT2D eigenvalue weighted by Gasteiger charge is 2.42. The van der Waals surface area contributed by atoms with E-state index in [9.17, 15) is 72.5 Å². The Kier molecular flexibility index (Phi) is 30.6. The van der Waals surface area contributed by atoms with Crippen molar-refractivity contribution in [3.05, 3.63) is 36.0 Å². The molecule has 0 unspecified atom stereocenters. The summed E-state index contributed by atoms with van der Waals surface area (Å²) in [6, 6.07) is -7.06. The number of carbonyl (C=O) groups is 13. The number of hydrogen-bond donors (Lipinski definition) is 16. The zero-order chi connectivity index (χ0) is 67.7. The van der Waals surface area contributed by atoms with Crippen molar-refractivity contribution < 1.29 is 72.5 Å². The van der Waals surface area contributed by atoms with E-state index in [1.807, 2.05) is 6.92 Å². The summed E-state index contributed by atoms with van der Waals surface area (Å²) in [5, 5.41) is 40.6. The Morgan fingerprint density at radius 1 is 0.622 bits per heavy atom. The van der Waals surface area contributed by atoms with E-state index in [-0.39, 0.29) is 88.2 Å². The summed E-state index contributed by atoms with van der Waals surface area (Å²) in [6.07, 6.45) is -0.399. The summed E-state index contributed by atoms with van der Waals surface area (Å²) in [5.74, 6) is -14.6. The lowest BCUT2D eigenvalue weighted by Gasteiger charge is -2.33. The minimum atomic E-state index is -1.81. The summed E-state index contributed by atoms with van der Waals surface area (Å²) < 4.78 is 0. The van der Waals surface area contributed by atoms with Crippen molar-refractivity contribution in [2.45, 2.75) is 199 Å². The molecule has 1 aromatic heterocycles. The zero-order valence-electron chi connectivity index (χ0n) is 52.6. The number of hydrogen-bond acceptors (Lipinski definition) is 15. The second-order valence-corrected chi connectivity index (χ2v) is 23.7. The standard InChI is InChI=1S/C59H94N16O15/c1-9-31(7)47(56(87)69-38(58(89)90)19-21-43(60)76)73-50(81)36(17-13-23-65-59(63)64)67-49(80)37(20-22-45(78)79)68-51(82)39(25-29(3)4)70-53(84)41(27-44(61)77)71-52(83)40(26-33-28-66-35-16-12-11-15-34(33)35)72-54(85)42-18-14-24-75(42)57(88)48(32(8)10-2)74-55(86)46(62)30(5)6/h11-12,15-16,28-32,36-42,46-48,66H,9-10,13-14,17-27,62H2,1-8H3,(H2,60,76)(H2,61,77)(H,67,80)(H,68,82)(H,69,87)(H,70,84)(H,71,83)(H,72,85)(H,73,81)(H,74,86)(H,78,79)(H,89,90)(H4,63,64,65)/t31-,32-,36-,37-,38-,39-,40-,41-,42-,46-,47-,48-/m0/s1. The number of guanidine groups is 1. The van der Waals surface area contributed by atoms with Crippen LogP contribution in [0.3, 0.4) is 0 Å². The number of aromatic nitrogens is 1. The molecule has 0 radical (unpaired) electrons. The molecule has 0 aliphatic carbocycles. The largest absolute Gasteiger partial charge is 0.481 e. The molecule has 21 N–H and O–H groups in total. The number of aliphatic carboxylic acids is 2. The van der Waals surface area contributed by atoms with Crippen LogP contribution in [0.25, 0.3) is 10.9 Å². The predicted octanol–water partition coefficient (Wildman–Crippen LogP) is -2.15. The van der Waals surface area contributed by atoms with E-state index in [2.05, 4.69) is 52.5 Å². The van der Waals surface area contributed by atoms with Crippen LogP contribution in [-0.2, 0) is 68.7 Å². The molecule has 0 saturated carbocycles. The minimum Gasteiger partial charge on any atom is -0.481 e. The van der Waals surface area contributed by atoms with Gasteiger partial charge in [0.15, 0.2) is 5.96 Å². The lowest BCUT2D eigenvalue weighted by Crippen LogP contribution is -2.61. The number of benzene rings is 1. The number of fused-ring (bicyclic) bond motifs is 1. The highest BCUT2D eigenvalue weighted by molar-refractivity contribution is 6.00. The summed E-state index contributed by atoms with van der Waals surface area (Å²) in [6.45, 7) is 13.9. The molecule has 0 bridgehead atoms. The smallest absolute Gasteiger partial charge is 0.326 e. The topological polar surface area (TPSA) is 520 Å². The molecule has 500 valence electrons. The fourth-order valence-electron chi connectivity index (χ4n) is 9.99. The van der Waals surface area contributed by atoms with Gasteiger partial charge in [-0.1, -0.05) is 86.4 Å². The molecule has 90 heavy (non-hydrogen) atoms. The van der Waals surface area contributed by atoms with Crippen molar-refractivity contribution in [1.82, 2.24) is 52.4 Å². The molecule has 12 atom stereocenters. The van der Waals surface area contributed by atoms with Crippen LogP contribution >= 0.6 is 0 Å². The molecule has 31 heteroatoms. The molecule has 0 spiro atoms. The first-order valence-corrected chi connectivity index (χ1v) is 30.4. The van der Waals surface area contributed by atoms with E-state index >= 15 is 0 Å². The quantitative estimate of drug-likeness (QED) is 0.0193. The van der Waals surface area contributed by atoms with Crippen LogP contribution in [0.1, 0.15) is 138 Å². The van der Waals surface area contributed by atoms with Crippen molar-refractivity contribution in [3.63, 3.8) is 0 Å². The van der Waals surface area contributed by atoms with E-state index in [0.29, 0.717) is 29.3 Å². The molecule has 2 aromatic rings. The molecule has 1 saturated heterocycles. The highest BCUT2D eigenvalue weighted by atomic mass is 16.4. The summed E-state index contributed by atoms with van der Waals surface area (Å²) in [5.41, 5.74) is 29.2. The number of amides is 11. The van der Waals surface area contributed by atoms with Crippen LogP contribution in [0.2, 0.25) is 0 Å². The van der Waals surface area contributed by atoms with Gasteiger partial charge in [-0.05, 0) is 80.2 Å². The normalized spacial score (nSPS) is 16.7. The van der Waals surface area contributed by atoms with Gasteiger partial charge < -0.3 is 91.3 Å². The molecule has 2 heterocycles. The molecule has 1 aromatic carbocycles. The number of nitrogens with zero attached hydrogens (tertiary/aromatic N) is 2. The van der Waals surface area contributed by atoms with E-state index in [1.165, 1.54) is 4.90 Å². The second kappa shape index (κ2) is 36.5. The van der Waals surface area contributed by atoms with Gasteiger partial charge >= 0.3 is 11.9 Å². The van der Waals surface area contributed by atoms with Gasteiger partial charge in [0.05, 0.1) is 12.5 Å². The molecule has 1 aliphatic rings. The maximum absolute atomic E-state index is 14.7. The number of carboxylic acid groups (broad SMARTS) is 2. The molecule has 1 aliphatic heterocycles. The number of primary amides is 2. The monoisotopic (exact) mass is 1270 g/mol. The van der Waals surface area contributed by atoms with Crippen LogP contribution in [0.4, 0.5) is 0 Å². The second-order valence-electron chi connectivity index (χ2n) is 23.7. The third-order valence-electron chi connectivity index (χ3n) is 15.7. The van der Waals surface area contributed by atoms with Crippen LogP contribution in [-0.4, -0.2) is 176 Å². The maximum atomic E-state index is 14.7. The Morgan fingerprint density at radius 2 is 1.16 bits per heavy atom. The van der Waals surface area contributed by atoms with E-state index < -0.39 is 163 Å². The first kappa shape index (κ1) is 75.4. The number of aromatic amines is 1. The van der Waals surface area contributed by atoms with Gasteiger partial charge in [-0.15, -0.1) is 0 Å². The Labute approximate surface area is 522 Å². The van der Waals surface area contributed by atoms with Gasteiger partial charge in [-0.3, -0.25) is 62.5 Å². The number of likely N-dealkylation sites (tertiary alicyclic amines) is 1. The number of nitrogens with one attached hydrogen (secondary N) is 9. The number of para-hydroxylation sites is 1. The number of aliphatic imine (C=N–C) groups is 1. The molecule has 11 amide bonds. The van der Waals surface area contributed by atoms with Gasteiger partial charge in [0.2, 0.25) is 65.0 Å². The lowest BCUT2D eigenvalue weighted by molar-refractivity contribution is -0.143. The van der Waals surface area contributed by atoms with Gasteiger partial charge in [0, 0.05) is 49.5 Å². The van der Waals surface area contributed by atoms with Crippen LogP contribution < -0.4 is 71.2 Å². The molecular formula is C59H94N16O15. The molecule has 1 fully saturated rings. The summed E-state index contributed by atoms with van der Waals surface area (Å²) in [7, 11) is 0. The van der Waals surface area contributed by atoms with Gasteiger partial charge in [0.25, 0.3) is 0 Å². The Balaban J connectivity index is 1.99. The van der Waals surface area contributed by atoms with Gasteiger partial charge in [0.1, 0.15) is 54.4 Å². The Morgan fingerprint density at radius 3 is 1.73 bits per heavy atom. The number of carboxylic acids is 2. The average Bonchev–Trinajstić information content (AvgIpc) is 1.72. The Hall–Kier alpha value is -8.90. The highest BCUT2D eigenvalue weighted by Crippen LogP contribution is 2.24. The minimum absolute atomic E-state index is 0.0362. The van der Waals surface area contributed by atoms with Crippen molar-refractivity contribution in [2.24, 2.45) is 57.3 Å². The van der Waals surface area contributed by atoms with Crippen LogP contribution in [0.5, 0.6) is 0 Å². The molecular weight excluding hydrogens is 1170 g/mol. The first-order chi connectivity index (χ1) is 42.3. The molecule has 31 nitrogen and oxygen atoms in total. The van der Waals surface area contributed by atoms with Gasteiger partial charge in [-0.25, -0.2) is 4.79 Å². The van der Waals surface area contributed by atoms with Crippen molar-refractivity contribution in [2.75, 3.05) is 13.1 Å². The van der Waals surface area contributed by atoms with Crippen LogP contribution in [0.15, 0.2) is 35.5 Å². The van der Waals surface area contributed by atoms with Gasteiger partial charge in [-0.2, -0.15) is 0 Å². The van der Waals surface area contributed by atoms with Crippen molar-refractivity contribution in [1.29, 1.82) is 0 Å². The van der Waals surface area contributed by atoms with Crippen molar-refractivity contribution >= 4 is 93.8 Å². The number of rotatable bonds is 39. The first-order valence-electron chi connectivity index (χ1n) is 30.4. The zero-order valence-corrected chi connectivity index (χ0v) is 52.6. The van der Waals surface area contributed by atoms with E-state index in [0.717, 1.165) is 0 Å². The van der Waals surface area contributed by atoms with E-state index in [1.54, 1.807) is 78.9 Å². The summed E-state index contributed by atoms with van der Waals surface area (Å²) >= 11 is 0. The SMILES string of the molecule is CC[C@H](C)[C@H](NC(=O)[C@H](CCCN=C(N)N)NC(=O)[C@H](CCC(=O)O)NC(=O)[C@H](CC(C)C)NC(=O)[C@H](CC(N)=O)NC(=O)[C@H](Cc1c[nH]c2ccccc12)NC(=O)[C@@H]1CCCN1C(=O)[C@@H](NC(=O)[C@@H](N)C(C)C)[C@@H](C)CC)C(=O)N[C@@H](CCC(N)=O)C(=O)O. The van der Waals surface area contributed by atoms with Crippen molar-refractivity contribution in [3.8, 4) is 0 Å². The van der Waals surface area contributed by atoms with E-state index in [4.69, 9.17) is 28.7 Å². The average molecular weight is 1270 g/mol. The summed E-state index contributed by atoms with van der Waals surface area (Å²) in [4.78, 5) is 184. The predicted molar refractivity (Wildman–Crippen MR) is 330 cm³/mol. The third-order valence-corrected chi connectivity index (χ3v) is 15.7. The molecule has 3 rings (SSSR count). The lowest BCUT2D eigenvalue weighted by atomic mass is 9.96. The van der Waals surface area contributed by atoms with Crippen LogP contribution in [0, 0.1) is 23.7 Å². The fourth-order valence-corrected chi connectivity index (χ4v) is 9.99.